The molecule has 3 N–H and O–H groups in total. The molecule has 5 aromatic rings. The molecule has 0 radical (unpaired) electrons. The molecular weight excluding hydrogens is 586 g/mol. The van der Waals surface area contributed by atoms with Crippen molar-refractivity contribution in [3.05, 3.63) is 107 Å². The van der Waals surface area contributed by atoms with E-state index in [4.69, 9.17) is 16.3 Å². The molecule has 1 atom stereocenters. The van der Waals surface area contributed by atoms with Crippen LogP contribution in [-0.2, 0) is 22.6 Å². The Bertz CT molecular complexity index is 1860. The minimum absolute atomic E-state index is 0.0589. The van der Waals surface area contributed by atoms with Crippen molar-refractivity contribution in [1.82, 2.24) is 25.1 Å². The number of aromatic nitrogens is 2. The molecule has 1 aliphatic rings. The van der Waals surface area contributed by atoms with Crippen LogP contribution in [-0.4, -0.2) is 70.9 Å². The third-order valence-electron chi connectivity index (χ3n) is 8.60. The highest BCUT2D eigenvalue weighted by molar-refractivity contribution is 6.31. The molecule has 2 amide bonds. The largest absolute Gasteiger partial charge is 0.496 e. The molecule has 232 valence electrons. The summed E-state index contributed by atoms with van der Waals surface area (Å²) in [6.45, 7) is 4.05. The molecule has 45 heavy (non-hydrogen) atoms. The van der Waals surface area contributed by atoms with Gasteiger partial charge in [0.1, 0.15) is 5.75 Å². The zero-order valence-corrected chi connectivity index (χ0v) is 26.4. The van der Waals surface area contributed by atoms with E-state index in [1.165, 1.54) is 5.57 Å². The number of aromatic amines is 2. The van der Waals surface area contributed by atoms with E-state index in [0.29, 0.717) is 31.1 Å². The van der Waals surface area contributed by atoms with E-state index in [9.17, 15) is 9.59 Å². The van der Waals surface area contributed by atoms with E-state index in [2.05, 4.69) is 32.3 Å². The Balaban J connectivity index is 1.16. The number of amides is 2. The SMILES string of the molecule is COc1ccccc1CN(C[C@@H](Cc1c[nH]c2ccccc12)NC(=O)CN1CC=C(c2c[nH]c3ccc(Cl)cc23)CC1)C(C)=O. The minimum atomic E-state index is -0.290. The number of carbonyl (C=O) groups excluding carboxylic acids is 2. The van der Waals surface area contributed by atoms with E-state index < -0.39 is 0 Å². The van der Waals surface area contributed by atoms with Gasteiger partial charge in [0.15, 0.2) is 0 Å². The van der Waals surface area contributed by atoms with Gasteiger partial charge in [0.25, 0.3) is 0 Å². The number of H-pyrrole nitrogens is 2. The second-order valence-corrected chi connectivity index (χ2v) is 12.1. The number of nitrogens with zero attached hydrogens (tertiary/aromatic N) is 2. The van der Waals surface area contributed by atoms with Gasteiger partial charge in [0.2, 0.25) is 11.8 Å². The molecule has 0 spiro atoms. The lowest BCUT2D eigenvalue weighted by Crippen LogP contribution is -2.49. The van der Waals surface area contributed by atoms with Gasteiger partial charge in [0.05, 0.1) is 19.7 Å². The topological polar surface area (TPSA) is 93.5 Å². The fourth-order valence-electron chi connectivity index (χ4n) is 6.27. The summed E-state index contributed by atoms with van der Waals surface area (Å²) >= 11 is 6.27. The fourth-order valence-corrected chi connectivity index (χ4v) is 6.44. The number of nitrogens with one attached hydrogen (secondary N) is 3. The number of hydrogen-bond donors (Lipinski definition) is 3. The highest BCUT2D eigenvalue weighted by Crippen LogP contribution is 2.31. The van der Waals surface area contributed by atoms with Crippen molar-refractivity contribution in [2.24, 2.45) is 0 Å². The van der Waals surface area contributed by atoms with Crippen molar-refractivity contribution in [2.75, 3.05) is 33.3 Å². The van der Waals surface area contributed by atoms with Crippen LogP contribution < -0.4 is 10.1 Å². The monoisotopic (exact) mass is 623 g/mol. The first kappa shape index (κ1) is 30.5. The van der Waals surface area contributed by atoms with Crippen LogP contribution in [0.4, 0.5) is 0 Å². The summed E-state index contributed by atoms with van der Waals surface area (Å²) in [5.74, 6) is 0.608. The molecule has 3 heterocycles. The first-order valence-electron chi connectivity index (χ1n) is 15.3. The maximum Gasteiger partial charge on any atom is 0.234 e. The van der Waals surface area contributed by atoms with Crippen LogP contribution >= 0.6 is 11.6 Å². The van der Waals surface area contributed by atoms with Crippen molar-refractivity contribution in [1.29, 1.82) is 0 Å². The Morgan fingerprint density at radius 3 is 2.58 bits per heavy atom. The molecule has 0 unspecified atom stereocenters. The van der Waals surface area contributed by atoms with Gasteiger partial charge in [-0.1, -0.05) is 54.1 Å². The van der Waals surface area contributed by atoms with Gasteiger partial charge in [-0.25, -0.2) is 0 Å². The normalized spacial score (nSPS) is 14.3. The summed E-state index contributed by atoms with van der Waals surface area (Å²) in [4.78, 5) is 37.0. The quantitative estimate of drug-likeness (QED) is 0.164. The predicted octanol–water partition coefficient (Wildman–Crippen LogP) is 6.18. The molecule has 9 heteroatoms. The molecule has 0 aliphatic carbocycles. The van der Waals surface area contributed by atoms with E-state index in [-0.39, 0.29) is 24.4 Å². The maximum absolute atomic E-state index is 13.5. The van der Waals surface area contributed by atoms with Crippen LogP contribution in [0.2, 0.25) is 5.02 Å². The lowest BCUT2D eigenvalue weighted by molar-refractivity contribution is -0.131. The van der Waals surface area contributed by atoms with Crippen LogP contribution in [0.1, 0.15) is 30.0 Å². The number of carbonyl (C=O) groups is 2. The standard InChI is InChI=1S/C36H38ClN5O3/c1-24(43)42(21-26-7-3-6-10-35(26)45-2)22-29(17-27-19-38-33-9-5-4-8-30(27)33)40-36(44)23-41-15-13-25(14-16-41)32-20-39-34-12-11-28(37)18-31(32)34/h3-13,18-20,29,38-39H,14-17,21-23H2,1-2H3,(H,40,44)/t29-/m1/s1. The number of halogens is 1. The van der Waals surface area contributed by atoms with Crippen LogP contribution in [0.3, 0.4) is 0 Å². The van der Waals surface area contributed by atoms with Gasteiger partial charge in [0, 0.05) is 83.5 Å². The molecular formula is C36H38ClN5O3. The summed E-state index contributed by atoms with van der Waals surface area (Å²) in [6.07, 6.45) is 7.66. The summed E-state index contributed by atoms with van der Waals surface area (Å²) in [7, 11) is 1.63. The zero-order valence-electron chi connectivity index (χ0n) is 25.6. The fraction of sp³-hybridized carbons (Fsp3) is 0.278. The smallest absolute Gasteiger partial charge is 0.234 e. The van der Waals surface area contributed by atoms with Gasteiger partial charge in [-0.15, -0.1) is 0 Å². The minimum Gasteiger partial charge on any atom is -0.496 e. The molecule has 1 aliphatic heterocycles. The molecule has 6 rings (SSSR count). The summed E-state index contributed by atoms with van der Waals surface area (Å²) < 4.78 is 5.54. The maximum atomic E-state index is 13.5. The third-order valence-corrected chi connectivity index (χ3v) is 8.83. The number of rotatable bonds is 11. The first-order valence-corrected chi connectivity index (χ1v) is 15.7. The number of ether oxygens (including phenoxy) is 1. The van der Waals surface area contributed by atoms with E-state index in [1.807, 2.05) is 73.1 Å². The molecule has 0 saturated carbocycles. The Hall–Kier alpha value is -4.53. The van der Waals surface area contributed by atoms with Crippen molar-refractivity contribution >= 4 is 50.8 Å². The van der Waals surface area contributed by atoms with Crippen molar-refractivity contribution in [3.8, 4) is 5.75 Å². The van der Waals surface area contributed by atoms with Crippen LogP contribution in [0.25, 0.3) is 27.4 Å². The zero-order chi connectivity index (χ0) is 31.3. The molecule has 8 nitrogen and oxygen atoms in total. The number of methoxy groups -OCH3 is 1. The predicted molar refractivity (Wildman–Crippen MR) is 180 cm³/mol. The van der Waals surface area contributed by atoms with Crippen molar-refractivity contribution in [3.63, 3.8) is 0 Å². The molecule has 2 aromatic heterocycles. The number of fused-ring (bicyclic) bond motifs is 2. The highest BCUT2D eigenvalue weighted by atomic mass is 35.5. The summed E-state index contributed by atoms with van der Waals surface area (Å²) in [5.41, 5.74) is 6.54. The number of para-hydroxylation sites is 2. The Morgan fingerprint density at radius 2 is 1.78 bits per heavy atom. The van der Waals surface area contributed by atoms with E-state index in [1.54, 1.807) is 18.9 Å². The Morgan fingerprint density at radius 1 is 1.00 bits per heavy atom. The number of benzene rings is 3. The average molecular weight is 624 g/mol. The summed E-state index contributed by atoms with van der Waals surface area (Å²) in [6, 6.07) is 21.4. The van der Waals surface area contributed by atoms with E-state index in [0.717, 1.165) is 57.2 Å². The van der Waals surface area contributed by atoms with Gasteiger partial charge < -0.3 is 24.9 Å². The highest BCUT2D eigenvalue weighted by Gasteiger charge is 2.24. The second-order valence-electron chi connectivity index (χ2n) is 11.6. The molecule has 0 saturated heterocycles. The Kier molecular flexibility index (Phi) is 9.23. The molecule has 0 bridgehead atoms. The second kappa shape index (κ2) is 13.6. The third kappa shape index (κ3) is 7.08. The van der Waals surface area contributed by atoms with Crippen LogP contribution in [0, 0.1) is 0 Å². The number of hydrogen-bond acceptors (Lipinski definition) is 4. The van der Waals surface area contributed by atoms with Gasteiger partial charge >= 0.3 is 0 Å². The van der Waals surface area contributed by atoms with E-state index >= 15 is 0 Å². The first-order chi connectivity index (χ1) is 21.9. The van der Waals surface area contributed by atoms with Gasteiger partial charge in [-0.2, -0.15) is 0 Å². The van der Waals surface area contributed by atoms with Crippen molar-refractivity contribution < 1.29 is 14.3 Å². The average Bonchev–Trinajstić information content (AvgIpc) is 3.65. The molecule has 0 fully saturated rings. The Labute approximate surface area is 268 Å². The van der Waals surface area contributed by atoms with Gasteiger partial charge in [-0.3, -0.25) is 14.5 Å². The molecule has 3 aromatic carbocycles. The summed E-state index contributed by atoms with van der Waals surface area (Å²) in [5, 5.41) is 6.22. The van der Waals surface area contributed by atoms with Crippen LogP contribution in [0.5, 0.6) is 5.75 Å². The van der Waals surface area contributed by atoms with Crippen LogP contribution in [0.15, 0.2) is 85.2 Å². The van der Waals surface area contributed by atoms with Gasteiger partial charge in [-0.05, 0) is 54.3 Å². The lowest BCUT2D eigenvalue weighted by Gasteiger charge is -2.30. The van der Waals surface area contributed by atoms with Crippen molar-refractivity contribution in [2.45, 2.75) is 32.4 Å². The lowest BCUT2D eigenvalue weighted by atomic mass is 9.99.